The third kappa shape index (κ3) is 5.12. The average Bonchev–Trinajstić information content (AvgIpc) is 3.59. The normalized spacial score (nSPS) is 12.9. The molecule has 2 heterocycles. The van der Waals surface area contributed by atoms with E-state index in [1.807, 2.05) is 53.1 Å². The SMILES string of the molecule is COc1ccc(-c2sc3c(c2CNC2Cc4ccccc4C2)c(=O)c(C(=O)O)cn3Cc2ccccc2OC)cc1. The van der Waals surface area contributed by atoms with Crippen molar-refractivity contribution in [2.24, 2.45) is 0 Å². The molecule has 0 atom stereocenters. The molecule has 6 rings (SSSR count). The molecular weight excluding hydrogens is 536 g/mol. The van der Waals surface area contributed by atoms with E-state index in [1.165, 1.54) is 28.7 Å². The summed E-state index contributed by atoms with van der Waals surface area (Å²) in [6.07, 6.45) is 3.28. The van der Waals surface area contributed by atoms with Gasteiger partial charge in [-0.2, -0.15) is 0 Å². The van der Waals surface area contributed by atoms with Crippen molar-refractivity contribution < 1.29 is 19.4 Å². The summed E-state index contributed by atoms with van der Waals surface area (Å²) in [4.78, 5) is 27.7. The topological polar surface area (TPSA) is 89.8 Å². The van der Waals surface area contributed by atoms with Crippen LogP contribution in [0.2, 0.25) is 0 Å². The average molecular weight is 567 g/mol. The number of para-hydroxylation sites is 1. The highest BCUT2D eigenvalue weighted by atomic mass is 32.1. The molecule has 3 aromatic carbocycles. The van der Waals surface area contributed by atoms with Crippen LogP contribution in [-0.2, 0) is 25.9 Å². The molecule has 41 heavy (non-hydrogen) atoms. The molecule has 0 unspecified atom stereocenters. The monoisotopic (exact) mass is 566 g/mol. The molecule has 5 aromatic rings. The number of nitrogens with zero attached hydrogens (tertiary/aromatic N) is 1. The second-order valence-electron chi connectivity index (χ2n) is 10.2. The number of aromatic nitrogens is 1. The number of fused-ring (bicyclic) bond motifs is 2. The number of benzene rings is 3. The largest absolute Gasteiger partial charge is 0.497 e. The molecule has 1 aliphatic rings. The van der Waals surface area contributed by atoms with Gasteiger partial charge in [0.1, 0.15) is 21.9 Å². The van der Waals surface area contributed by atoms with Crippen LogP contribution in [0.15, 0.2) is 83.8 Å². The number of carbonyl (C=O) groups is 1. The summed E-state index contributed by atoms with van der Waals surface area (Å²) < 4.78 is 12.8. The van der Waals surface area contributed by atoms with Crippen LogP contribution in [0, 0.1) is 0 Å². The summed E-state index contributed by atoms with van der Waals surface area (Å²) in [5.74, 6) is 0.195. The number of ether oxygens (including phenoxy) is 2. The summed E-state index contributed by atoms with van der Waals surface area (Å²) in [5.41, 5.74) is 4.60. The van der Waals surface area contributed by atoms with Gasteiger partial charge >= 0.3 is 5.97 Å². The minimum atomic E-state index is -1.24. The first-order valence-corrected chi connectivity index (χ1v) is 14.3. The van der Waals surface area contributed by atoms with Crippen molar-refractivity contribution in [2.45, 2.75) is 32.0 Å². The maximum atomic E-state index is 13.8. The molecule has 7 nitrogen and oxygen atoms in total. The van der Waals surface area contributed by atoms with Crippen molar-refractivity contribution in [3.05, 3.63) is 117 Å². The quantitative estimate of drug-likeness (QED) is 0.236. The van der Waals surface area contributed by atoms with E-state index >= 15 is 0 Å². The Labute approximate surface area is 241 Å². The van der Waals surface area contributed by atoms with Gasteiger partial charge in [-0.3, -0.25) is 4.79 Å². The molecule has 2 aromatic heterocycles. The van der Waals surface area contributed by atoms with Crippen LogP contribution in [0.5, 0.6) is 11.5 Å². The van der Waals surface area contributed by atoms with E-state index in [4.69, 9.17) is 9.47 Å². The fourth-order valence-electron chi connectivity index (χ4n) is 5.68. The van der Waals surface area contributed by atoms with Gasteiger partial charge in [-0.15, -0.1) is 11.3 Å². The van der Waals surface area contributed by atoms with E-state index < -0.39 is 11.4 Å². The van der Waals surface area contributed by atoms with E-state index in [1.54, 1.807) is 14.2 Å². The second kappa shape index (κ2) is 11.2. The van der Waals surface area contributed by atoms with Gasteiger partial charge in [-0.05, 0) is 65.4 Å². The van der Waals surface area contributed by atoms with Crippen LogP contribution in [-0.4, -0.2) is 35.9 Å². The summed E-state index contributed by atoms with van der Waals surface area (Å²) in [7, 11) is 3.24. The van der Waals surface area contributed by atoms with Crippen molar-refractivity contribution in [3.63, 3.8) is 0 Å². The van der Waals surface area contributed by atoms with Crippen molar-refractivity contribution in [1.29, 1.82) is 0 Å². The molecule has 0 saturated heterocycles. The zero-order valence-electron chi connectivity index (χ0n) is 22.8. The number of carboxylic acids is 1. The second-order valence-corrected chi connectivity index (χ2v) is 11.2. The van der Waals surface area contributed by atoms with Crippen molar-refractivity contribution >= 4 is 27.5 Å². The first kappa shape index (κ1) is 26.8. The number of methoxy groups -OCH3 is 2. The van der Waals surface area contributed by atoms with Crippen molar-refractivity contribution in [1.82, 2.24) is 9.88 Å². The Morgan fingerprint density at radius 2 is 1.66 bits per heavy atom. The Kier molecular flexibility index (Phi) is 7.34. The van der Waals surface area contributed by atoms with Gasteiger partial charge in [0, 0.05) is 29.2 Å². The van der Waals surface area contributed by atoms with E-state index in [0.717, 1.165) is 45.0 Å². The lowest BCUT2D eigenvalue weighted by Gasteiger charge is -2.14. The van der Waals surface area contributed by atoms with Crippen LogP contribution in [0.4, 0.5) is 0 Å². The molecule has 8 heteroatoms. The molecule has 208 valence electrons. The molecule has 0 fully saturated rings. The number of thiophene rings is 1. The van der Waals surface area contributed by atoms with Crippen LogP contribution in [0.1, 0.15) is 32.6 Å². The van der Waals surface area contributed by atoms with E-state index in [9.17, 15) is 14.7 Å². The fraction of sp³-hybridized carbons (Fsp3) is 0.212. The Morgan fingerprint density at radius 3 is 2.32 bits per heavy atom. The van der Waals surface area contributed by atoms with Crippen LogP contribution < -0.4 is 20.2 Å². The minimum Gasteiger partial charge on any atom is -0.497 e. The number of aromatic carboxylic acids is 1. The molecule has 0 bridgehead atoms. The molecule has 2 N–H and O–H groups in total. The highest BCUT2D eigenvalue weighted by Gasteiger charge is 2.26. The number of carboxylic acid groups (broad SMARTS) is 1. The number of hydrogen-bond donors (Lipinski definition) is 2. The highest BCUT2D eigenvalue weighted by Crippen LogP contribution is 2.39. The predicted molar refractivity (Wildman–Crippen MR) is 162 cm³/mol. The fourth-order valence-corrected chi connectivity index (χ4v) is 6.97. The standard InChI is InChI=1S/C33H30N2O5S/c1-39-25-13-11-20(12-14-25)31-26(17-34-24-15-21-7-3-4-8-22(21)16-24)29-30(36)27(33(37)38)19-35(32(29)41-31)18-23-9-5-6-10-28(23)40-2/h3-14,19,24,34H,15-18H2,1-2H3,(H,37,38). The Balaban J connectivity index is 1.49. The third-order valence-corrected chi connectivity index (χ3v) is 9.06. The molecule has 0 aliphatic heterocycles. The number of rotatable bonds is 9. The van der Waals surface area contributed by atoms with Gasteiger partial charge < -0.3 is 24.5 Å². The lowest BCUT2D eigenvalue weighted by molar-refractivity contribution is 0.0695. The van der Waals surface area contributed by atoms with Crippen LogP contribution in [0.3, 0.4) is 0 Å². The summed E-state index contributed by atoms with van der Waals surface area (Å²) >= 11 is 1.50. The number of nitrogens with one attached hydrogen (secondary N) is 1. The summed E-state index contributed by atoms with van der Waals surface area (Å²) in [5, 5.41) is 14.2. The minimum absolute atomic E-state index is 0.226. The van der Waals surface area contributed by atoms with E-state index in [-0.39, 0.29) is 11.6 Å². The smallest absolute Gasteiger partial charge is 0.341 e. The zero-order valence-corrected chi connectivity index (χ0v) is 23.7. The summed E-state index contributed by atoms with van der Waals surface area (Å²) in [6, 6.07) is 24.1. The van der Waals surface area contributed by atoms with Gasteiger partial charge in [0.15, 0.2) is 0 Å². The molecular formula is C33H30N2O5S. The van der Waals surface area contributed by atoms with Gasteiger partial charge in [-0.1, -0.05) is 42.5 Å². The van der Waals surface area contributed by atoms with E-state index in [0.29, 0.717) is 24.2 Å². The first-order valence-electron chi connectivity index (χ1n) is 13.5. The first-order chi connectivity index (χ1) is 20.0. The van der Waals surface area contributed by atoms with Crippen LogP contribution >= 0.6 is 11.3 Å². The Bertz CT molecular complexity index is 1780. The van der Waals surface area contributed by atoms with Crippen LogP contribution in [0.25, 0.3) is 20.7 Å². The zero-order chi connectivity index (χ0) is 28.5. The Morgan fingerprint density at radius 1 is 0.976 bits per heavy atom. The van der Waals surface area contributed by atoms with E-state index in [2.05, 4.69) is 29.6 Å². The lowest BCUT2D eigenvalue weighted by atomic mass is 10.0. The van der Waals surface area contributed by atoms with Gasteiger partial charge in [0.05, 0.1) is 26.2 Å². The maximum absolute atomic E-state index is 13.8. The molecule has 0 spiro atoms. The summed E-state index contributed by atoms with van der Waals surface area (Å²) in [6.45, 7) is 0.793. The van der Waals surface area contributed by atoms with Gasteiger partial charge in [-0.25, -0.2) is 4.79 Å². The van der Waals surface area contributed by atoms with Crippen molar-refractivity contribution in [2.75, 3.05) is 14.2 Å². The highest BCUT2D eigenvalue weighted by molar-refractivity contribution is 7.22. The van der Waals surface area contributed by atoms with Gasteiger partial charge in [0.25, 0.3) is 0 Å². The molecule has 1 aliphatic carbocycles. The van der Waals surface area contributed by atoms with Crippen molar-refractivity contribution in [3.8, 4) is 21.9 Å². The number of hydrogen-bond acceptors (Lipinski definition) is 6. The predicted octanol–water partition coefficient (Wildman–Crippen LogP) is 5.75. The maximum Gasteiger partial charge on any atom is 0.341 e. The van der Waals surface area contributed by atoms with Gasteiger partial charge in [0.2, 0.25) is 5.43 Å². The number of pyridine rings is 1. The molecule has 0 saturated carbocycles. The lowest BCUT2D eigenvalue weighted by Crippen LogP contribution is -2.29. The Hall–Kier alpha value is -4.40. The third-order valence-electron chi connectivity index (χ3n) is 7.74. The molecule has 0 amide bonds. The molecule has 0 radical (unpaired) electrons.